The van der Waals surface area contributed by atoms with E-state index in [0.717, 1.165) is 24.9 Å². The highest BCUT2D eigenvalue weighted by atomic mass is 32.2. The molecule has 0 aliphatic heterocycles. The highest BCUT2D eigenvalue weighted by Crippen LogP contribution is 2.13. The molecule has 0 rings (SSSR count). The van der Waals surface area contributed by atoms with Gasteiger partial charge in [0.25, 0.3) is 0 Å². The number of hydrogen-bond donors (Lipinski definition) is 3. The molecule has 0 spiro atoms. The summed E-state index contributed by atoms with van der Waals surface area (Å²) >= 11 is 0.975. The molecule has 0 aromatic carbocycles. The summed E-state index contributed by atoms with van der Waals surface area (Å²) in [5.41, 5.74) is 10.6. The van der Waals surface area contributed by atoms with Crippen LogP contribution in [0.3, 0.4) is 0 Å². The second-order valence-corrected chi connectivity index (χ2v) is 7.56. The lowest BCUT2D eigenvalue weighted by atomic mass is 10.0. The van der Waals surface area contributed by atoms with Crippen LogP contribution in [0.15, 0.2) is 4.99 Å². The van der Waals surface area contributed by atoms with Crippen LogP contribution in [0.1, 0.15) is 103 Å². The van der Waals surface area contributed by atoms with Crippen LogP contribution in [0.5, 0.6) is 0 Å². The molecule has 0 aliphatic rings. The van der Waals surface area contributed by atoms with Crippen LogP contribution >= 0.6 is 11.9 Å². The Balaban J connectivity index is 3.16. The molecule has 0 atom stereocenters. The highest BCUT2D eigenvalue weighted by molar-refractivity contribution is 8.12. The van der Waals surface area contributed by atoms with E-state index in [4.69, 9.17) is 11.5 Å². The summed E-state index contributed by atoms with van der Waals surface area (Å²) in [5.74, 6) is 0. The van der Waals surface area contributed by atoms with Gasteiger partial charge in [-0.15, -0.1) is 0 Å². The van der Waals surface area contributed by atoms with Crippen molar-refractivity contribution in [1.82, 2.24) is 4.72 Å². The van der Waals surface area contributed by atoms with Crippen LogP contribution in [-0.2, 0) is 0 Å². The zero-order chi connectivity index (χ0) is 18.6. The Morgan fingerprint density at radius 3 is 1.56 bits per heavy atom. The Labute approximate surface area is 159 Å². The molecule has 2 amide bonds. The number of aliphatic imine (C=N–C) groups is 1. The Hall–Kier alpha value is -0.910. The van der Waals surface area contributed by atoms with Crippen LogP contribution in [0.4, 0.5) is 4.79 Å². The predicted molar refractivity (Wildman–Crippen MR) is 112 cm³/mol. The summed E-state index contributed by atoms with van der Waals surface area (Å²) in [7, 11) is 0. The van der Waals surface area contributed by atoms with Crippen molar-refractivity contribution >= 4 is 23.1 Å². The summed E-state index contributed by atoms with van der Waals surface area (Å²) in [6.07, 6.45) is 20.3. The van der Waals surface area contributed by atoms with Gasteiger partial charge in [-0.25, -0.2) is 4.79 Å². The first-order valence-corrected chi connectivity index (χ1v) is 11.0. The minimum absolute atomic E-state index is 0.365. The van der Waals surface area contributed by atoms with Gasteiger partial charge in [0.05, 0.1) is 0 Å². The number of nitrogens with zero attached hydrogens (tertiary/aromatic N) is 1. The molecule has 0 bridgehead atoms. The zero-order valence-corrected chi connectivity index (χ0v) is 17.0. The molecule has 0 heterocycles. The van der Waals surface area contributed by atoms with Gasteiger partial charge in [-0.3, -0.25) is 9.71 Å². The highest BCUT2D eigenvalue weighted by Gasteiger charge is 1.97. The third-order valence-corrected chi connectivity index (χ3v) is 4.93. The predicted octanol–water partition coefficient (Wildman–Crippen LogP) is 5.49. The minimum atomic E-state index is -0.602. The molecule has 6 heteroatoms. The van der Waals surface area contributed by atoms with Crippen LogP contribution in [0, 0.1) is 0 Å². The molecule has 0 saturated carbocycles. The molecule has 0 fully saturated rings. The smallest absolute Gasteiger partial charge is 0.322 e. The Kier molecular flexibility index (Phi) is 18.7. The fraction of sp³-hybridized carbons (Fsp3) is 0.895. The zero-order valence-electron chi connectivity index (χ0n) is 16.2. The van der Waals surface area contributed by atoms with Crippen molar-refractivity contribution in [2.75, 3.05) is 6.54 Å². The van der Waals surface area contributed by atoms with E-state index in [9.17, 15) is 4.79 Å². The molecule has 0 radical (unpaired) electrons. The second-order valence-electron chi connectivity index (χ2n) is 6.74. The van der Waals surface area contributed by atoms with Gasteiger partial charge in [0.1, 0.15) is 0 Å². The fourth-order valence-electron chi connectivity index (χ4n) is 2.81. The lowest BCUT2D eigenvalue weighted by Crippen LogP contribution is -2.26. The maximum atomic E-state index is 10.5. The van der Waals surface area contributed by atoms with E-state index in [0.29, 0.717) is 5.17 Å². The van der Waals surface area contributed by atoms with E-state index >= 15 is 0 Å². The van der Waals surface area contributed by atoms with Crippen LogP contribution in [-0.4, -0.2) is 17.7 Å². The van der Waals surface area contributed by atoms with E-state index in [-0.39, 0.29) is 0 Å². The number of primary amides is 1. The molecule has 5 N–H and O–H groups in total. The maximum Gasteiger partial charge on any atom is 0.322 e. The van der Waals surface area contributed by atoms with E-state index < -0.39 is 6.03 Å². The van der Waals surface area contributed by atoms with Crippen LogP contribution in [0.2, 0.25) is 0 Å². The molecule has 0 aliphatic carbocycles. The van der Waals surface area contributed by atoms with Gasteiger partial charge in [0.2, 0.25) is 0 Å². The Morgan fingerprint density at radius 2 is 1.16 bits per heavy atom. The number of carbonyl (C=O) groups excluding carboxylic acids is 1. The van der Waals surface area contributed by atoms with Gasteiger partial charge in [-0.05, 0) is 6.42 Å². The standard InChI is InChI=1S/C19H40N4OS/c1-2-3-4-5-6-7-8-9-10-11-12-13-14-15-16-17-22-19(21)25-23-18(20)24/h2-17H2,1H3,(H2,21,22)(H3,20,23,24). The van der Waals surface area contributed by atoms with Crippen molar-refractivity contribution in [3.8, 4) is 0 Å². The number of carbonyl (C=O) groups is 1. The normalized spacial score (nSPS) is 11.6. The molecule has 0 saturated heterocycles. The quantitative estimate of drug-likeness (QED) is 0.145. The number of nitrogens with two attached hydrogens (primary N) is 2. The summed E-state index contributed by atoms with van der Waals surface area (Å²) in [6, 6.07) is -0.602. The maximum absolute atomic E-state index is 10.5. The van der Waals surface area contributed by atoms with Crippen molar-refractivity contribution in [1.29, 1.82) is 0 Å². The summed E-state index contributed by atoms with van der Waals surface area (Å²) in [5, 5.41) is 0.365. The lowest BCUT2D eigenvalue weighted by molar-refractivity contribution is 0.254. The fourth-order valence-corrected chi connectivity index (χ4v) is 3.17. The first kappa shape index (κ1) is 24.1. The average molecular weight is 373 g/mol. The van der Waals surface area contributed by atoms with E-state index in [1.165, 1.54) is 89.9 Å². The van der Waals surface area contributed by atoms with E-state index in [1.54, 1.807) is 0 Å². The van der Waals surface area contributed by atoms with Crippen molar-refractivity contribution in [2.45, 2.75) is 103 Å². The van der Waals surface area contributed by atoms with Gasteiger partial charge >= 0.3 is 6.03 Å². The number of amidine groups is 1. The van der Waals surface area contributed by atoms with Crippen LogP contribution < -0.4 is 16.2 Å². The third kappa shape index (κ3) is 21.0. The molecule has 0 aromatic rings. The Morgan fingerprint density at radius 1 is 0.760 bits per heavy atom. The summed E-state index contributed by atoms with van der Waals surface area (Å²) in [6.45, 7) is 2.99. The molecular weight excluding hydrogens is 332 g/mol. The molecule has 25 heavy (non-hydrogen) atoms. The first-order chi connectivity index (χ1) is 12.2. The lowest BCUT2D eigenvalue weighted by Gasteiger charge is -2.03. The van der Waals surface area contributed by atoms with Gasteiger partial charge < -0.3 is 11.5 Å². The van der Waals surface area contributed by atoms with Gasteiger partial charge in [-0.1, -0.05) is 96.8 Å². The molecule has 148 valence electrons. The van der Waals surface area contributed by atoms with Gasteiger partial charge in [0, 0.05) is 18.5 Å². The largest absolute Gasteiger partial charge is 0.377 e. The number of rotatable bonds is 16. The van der Waals surface area contributed by atoms with E-state index in [2.05, 4.69) is 16.6 Å². The number of amides is 2. The number of urea groups is 1. The number of hydrogen-bond acceptors (Lipinski definition) is 3. The van der Waals surface area contributed by atoms with E-state index in [1.807, 2.05) is 0 Å². The number of nitrogens with one attached hydrogen (secondary N) is 1. The van der Waals surface area contributed by atoms with Crippen molar-refractivity contribution in [2.24, 2.45) is 16.5 Å². The van der Waals surface area contributed by atoms with Crippen LogP contribution in [0.25, 0.3) is 0 Å². The summed E-state index contributed by atoms with van der Waals surface area (Å²) in [4.78, 5) is 14.7. The SMILES string of the molecule is CCCCCCCCCCCCCCCCCN=C(N)SNC(N)=O. The Bertz CT molecular complexity index is 337. The average Bonchev–Trinajstić information content (AvgIpc) is 2.59. The van der Waals surface area contributed by atoms with Gasteiger partial charge in [0.15, 0.2) is 5.17 Å². The summed E-state index contributed by atoms with van der Waals surface area (Å²) < 4.78 is 2.35. The van der Waals surface area contributed by atoms with Crippen molar-refractivity contribution < 1.29 is 4.79 Å². The molecular formula is C19H40N4OS. The molecule has 0 aromatic heterocycles. The number of unbranched alkanes of at least 4 members (excludes halogenated alkanes) is 14. The second kappa shape index (κ2) is 19.4. The first-order valence-electron chi connectivity index (χ1n) is 10.2. The minimum Gasteiger partial charge on any atom is -0.377 e. The monoisotopic (exact) mass is 372 g/mol. The molecule has 5 nitrogen and oxygen atoms in total. The third-order valence-electron chi connectivity index (χ3n) is 4.29. The van der Waals surface area contributed by atoms with Gasteiger partial charge in [-0.2, -0.15) is 0 Å². The molecule has 0 unspecified atom stereocenters. The van der Waals surface area contributed by atoms with Crippen molar-refractivity contribution in [3.05, 3.63) is 0 Å². The topological polar surface area (TPSA) is 93.5 Å². The van der Waals surface area contributed by atoms with Crippen molar-refractivity contribution in [3.63, 3.8) is 0 Å².